The number of rotatable bonds is 3. The Kier molecular flexibility index (Phi) is 3.75. The van der Waals surface area contributed by atoms with E-state index in [1.54, 1.807) is 12.1 Å². The van der Waals surface area contributed by atoms with Crippen LogP contribution >= 0.6 is 0 Å². The maximum Gasteiger partial charge on any atom is 0.262 e. The summed E-state index contributed by atoms with van der Waals surface area (Å²) < 4.78 is 0. The van der Waals surface area contributed by atoms with Crippen LogP contribution < -0.4 is 0 Å². The van der Waals surface area contributed by atoms with Crippen molar-refractivity contribution in [1.82, 2.24) is 9.80 Å². The lowest BCUT2D eigenvalue weighted by molar-refractivity contribution is -0.149. The summed E-state index contributed by atoms with van der Waals surface area (Å²) in [7, 11) is 1.38. The number of likely N-dealkylation sites (N-methyl/N-ethyl adjacent to an activating group) is 1. The van der Waals surface area contributed by atoms with Gasteiger partial charge in [-0.2, -0.15) is 0 Å². The summed E-state index contributed by atoms with van der Waals surface area (Å²) in [6, 6.07) is 4.35. The smallest absolute Gasteiger partial charge is 0.262 e. The van der Waals surface area contributed by atoms with E-state index in [0.717, 1.165) is 28.2 Å². The van der Waals surface area contributed by atoms with Crippen molar-refractivity contribution in [3.63, 3.8) is 0 Å². The van der Waals surface area contributed by atoms with Gasteiger partial charge in [0.25, 0.3) is 17.7 Å². The molecule has 0 aliphatic carbocycles. The first-order chi connectivity index (χ1) is 11.0. The molecular weight excluding hydrogens is 296 g/mol. The monoisotopic (exact) mass is 314 g/mol. The normalized spacial score (nSPS) is 21.2. The molecule has 0 N–H and O–H groups in total. The van der Waals surface area contributed by atoms with Crippen molar-refractivity contribution in [2.24, 2.45) is 0 Å². The lowest BCUT2D eigenvalue weighted by Crippen LogP contribution is -2.54. The number of aryl methyl sites for hydroxylation is 1. The number of fused-ring (bicyclic) bond motifs is 1. The third-order valence-electron chi connectivity index (χ3n) is 4.45. The highest BCUT2D eigenvalue weighted by Gasteiger charge is 2.46. The maximum absolute atomic E-state index is 12.6. The van der Waals surface area contributed by atoms with Gasteiger partial charge in [0.15, 0.2) is 0 Å². The molecule has 2 aliphatic heterocycles. The Morgan fingerprint density at radius 1 is 1.09 bits per heavy atom. The van der Waals surface area contributed by atoms with Gasteiger partial charge < -0.3 is 0 Å². The molecular formula is C17H18N2O4. The molecule has 0 saturated carbocycles. The average molecular weight is 314 g/mol. The molecule has 2 heterocycles. The number of imide groups is 2. The van der Waals surface area contributed by atoms with Crippen LogP contribution in [0.5, 0.6) is 0 Å². The molecule has 3 rings (SSSR count). The van der Waals surface area contributed by atoms with Gasteiger partial charge >= 0.3 is 0 Å². The van der Waals surface area contributed by atoms with Crippen molar-refractivity contribution in [2.75, 3.05) is 7.05 Å². The minimum Gasteiger partial charge on any atom is -0.284 e. The largest absolute Gasteiger partial charge is 0.284 e. The van der Waals surface area contributed by atoms with Crippen LogP contribution in [-0.2, 0) is 16.0 Å². The lowest BCUT2D eigenvalue weighted by Gasteiger charge is -2.32. The Morgan fingerprint density at radius 2 is 1.78 bits per heavy atom. The van der Waals surface area contributed by atoms with Crippen LogP contribution in [0, 0.1) is 0 Å². The number of hydrogen-bond acceptors (Lipinski definition) is 4. The van der Waals surface area contributed by atoms with Crippen molar-refractivity contribution in [2.45, 2.75) is 38.6 Å². The molecule has 1 atom stereocenters. The molecule has 1 saturated heterocycles. The van der Waals surface area contributed by atoms with E-state index >= 15 is 0 Å². The van der Waals surface area contributed by atoms with Crippen molar-refractivity contribution in [1.29, 1.82) is 0 Å². The van der Waals surface area contributed by atoms with E-state index in [4.69, 9.17) is 0 Å². The topological polar surface area (TPSA) is 74.8 Å². The Hall–Kier alpha value is -2.50. The number of amides is 4. The fourth-order valence-corrected chi connectivity index (χ4v) is 3.17. The summed E-state index contributed by atoms with van der Waals surface area (Å²) >= 11 is 0. The maximum atomic E-state index is 12.6. The highest BCUT2D eigenvalue weighted by Crippen LogP contribution is 2.29. The third-order valence-corrected chi connectivity index (χ3v) is 4.45. The van der Waals surface area contributed by atoms with E-state index in [0.29, 0.717) is 11.1 Å². The quantitative estimate of drug-likeness (QED) is 0.790. The Bertz CT molecular complexity index is 725. The summed E-state index contributed by atoms with van der Waals surface area (Å²) in [6.07, 6.45) is 2.11. The van der Waals surface area contributed by atoms with Gasteiger partial charge in [0.1, 0.15) is 6.04 Å². The molecule has 0 bridgehead atoms. The van der Waals surface area contributed by atoms with E-state index in [-0.39, 0.29) is 18.7 Å². The molecule has 120 valence electrons. The van der Waals surface area contributed by atoms with E-state index in [9.17, 15) is 19.2 Å². The Balaban J connectivity index is 1.94. The summed E-state index contributed by atoms with van der Waals surface area (Å²) in [6.45, 7) is 2.04. The fraction of sp³-hybridized carbons (Fsp3) is 0.412. The minimum atomic E-state index is -0.889. The van der Waals surface area contributed by atoms with Crippen molar-refractivity contribution in [3.8, 4) is 0 Å². The van der Waals surface area contributed by atoms with Crippen LogP contribution in [0.3, 0.4) is 0 Å². The predicted octanol–water partition coefficient (Wildman–Crippen LogP) is 1.38. The van der Waals surface area contributed by atoms with Crippen LogP contribution in [0.4, 0.5) is 0 Å². The molecule has 6 nitrogen and oxygen atoms in total. The number of carbonyl (C=O) groups excluding carboxylic acids is 4. The lowest BCUT2D eigenvalue weighted by atomic mass is 10.0. The first-order valence-corrected chi connectivity index (χ1v) is 7.77. The molecule has 23 heavy (non-hydrogen) atoms. The number of nitrogens with zero attached hydrogens (tertiary/aromatic N) is 2. The molecule has 0 aromatic heterocycles. The molecule has 1 fully saturated rings. The molecule has 0 radical (unpaired) electrons. The molecule has 2 aliphatic rings. The number of benzene rings is 1. The first kappa shape index (κ1) is 15.4. The zero-order chi connectivity index (χ0) is 16.7. The van der Waals surface area contributed by atoms with E-state index in [1.165, 1.54) is 7.05 Å². The van der Waals surface area contributed by atoms with Crippen molar-refractivity contribution in [3.05, 3.63) is 34.9 Å². The minimum absolute atomic E-state index is 0.154. The van der Waals surface area contributed by atoms with Gasteiger partial charge in [-0.3, -0.25) is 29.0 Å². The van der Waals surface area contributed by atoms with Crippen LogP contribution in [0.1, 0.15) is 52.5 Å². The van der Waals surface area contributed by atoms with Crippen LogP contribution in [-0.4, -0.2) is 46.5 Å². The second-order valence-electron chi connectivity index (χ2n) is 5.96. The molecule has 0 spiro atoms. The number of likely N-dealkylation sites (tertiary alicyclic amines) is 1. The number of hydrogen-bond donors (Lipinski definition) is 0. The van der Waals surface area contributed by atoms with Gasteiger partial charge in [0.05, 0.1) is 11.1 Å². The van der Waals surface area contributed by atoms with E-state index in [2.05, 4.69) is 0 Å². The summed E-state index contributed by atoms with van der Waals surface area (Å²) in [4.78, 5) is 51.1. The second kappa shape index (κ2) is 5.61. The van der Waals surface area contributed by atoms with Crippen molar-refractivity contribution < 1.29 is 19.2 Å². The predicted molar refractivity (Wildman–Crippen MR) is 81.7 cm³/mol. The van der Waals surface area contributed by atoms with E-state index < -0.39 is 23.8 Å². The zero-order valence-corrected chi connectivity index (χ0v) is 13.2. The van der Waals surface area contributed by atoms with Crippen LogP contribution in [0.2, 0.25) is 0 Å². The first-order valence-electron chi connectivity index (χ1n) is 7.77. The molecule has 1 unspecified atom stereocenters. The number of carbonyl (C=O) groups is 4. The summed E-state index contributed by atoms with van der Waals surface area (Å²) in [5, 5.41) is 0. The Labute approximate surface area is 134 Å². The highest BCUT2D eigenvalue weighted by atomic mass is 16.2. The fourth-order valence-electron chi connectivity index (χ4n) is 3.17. The average Bonchev–Trinajstić information content (AvgIpc) is 2.78. The molecule has 6 heteroatoms. The van der Waals surface area contributed by atoms with Crippen LogP contribution in [0.25, 0.3) is 0 Å². The van der Waals surface area contributed by atoms with E-state index in [1.807, 2.05) is 13.0 Å². The van der Waals surface area contributed by atoms with Gasteiger partial charge in [-0.15, -0.1) is 0 Å². The van der Waals surface area contributed by atoms with Gasteiger partial charge in [-0.05, 0) is 30.5 Å². The summed E-state index contributed by atoms with van der Waals surface area (Å²) in [5.74, 6) is -1.67. The van der Waals surface area contributed by atoms with Gasteiger partial charge in [-0.1, -0.05) is 19.4 Å². The second-order valence-corrected chi connectivity index (χ2v) is 5.96. The van der Waals surface area contributed by atoms with Gasteiger partial charge in [-0.25, -0.2) is 0 Å². The number of piperidine rings is 1. The third kappa shape index (κ3) is 2.34. The van der Waals surface area contributed by atoms with Crippen molar-refractivity contribution >= 4 is 23.6 Å². The zero-order valence-electron chi connectivity index (χ0n) is 13.2. The van der Waals surface area contributed by atoms with Gasteiger partial charge in [0.2, 0.25) is 5.91 Å². The molecule has 4 amide bonds. The van der Waals surface area contributed by atoms with Gasteiger partial charge in [0, 0.05) is 13.5 Å². The van der Waals surface area contributed by atoms with Crippen LogP contribution in [0.15, 0.2) is 18.2 Å². The molecule has 1 aromatic carbocycles. The molecule has 1 aromatic rings. The highest BCUT2D eigenvalue weighted by molar-refractivity contribution is 6.23. The standard InChI is InChI=1S/C17H18N2O4/c1-3-4-10-5-6-11-12(9-10)16(22)19(15(11)21)13-7-8-14(20)18(2)17(13)23/h5-6,9,13H,3-4,7-8H2,1-2H3. The summed E-state index contributed by atoms with van der Waals surface area (Å²) in [5.41, 5.74) is 1.69. The SMILES string of the molecule is CCCc1ccc2c(c1)C(=O)N(C1CCC(=O)N(C)C1=O)C2=O. The Morgan fingerprint density at radius 3 is 2.48 bits per heavy atom.